The molecule has 0 fully saturated rings. The second kappa shape index (κ2) is 9.05. The van der Waals surface area contributed by atoms with Crippen molar-refractivity contribution in [1.82, 2.24) is 9.97 Å². The number of nitrogens with one attached hydrogen (secondary N) is 1. The number of nitrogens with zero attached hydrogens (tertiary/aromatic N) is 1. The van der Waals surface area contributed by atoms with E-state index in [1.54, 1.807) is 12.1 Å². The first-order valence-corrected chi connectivity index (χ1v) is 12.3. The van der Waals surface area contributed by atoms with Gasteiger partial charge in [-0.15, -0.1) is 0 Å². The third-order valence-electron chi connectivity index (χ3n) is 5.45. The van der Waals surface area contributed by atoms with E-state index in [-0.39, 0.29) is 16.7 Å². The zero-order chi connectivity index (χ0) is 24.9. The highest BCUT2D eigenvalue weighted by molar-refractivity contribution is 9.11. The van der Waals surface area contributed by atoms with Crippen molar-refractivity contribution in [2.24, 2.45) is 0 Å². The first-order valence-electron chi connectivity index (χ1n) is 10.4. The quantitative estimate of drug-likeness (QED) is 0.216. The van der Waals surface area contributed by atoms with Crippen molar-refractivity contribution >= 4 is 43.5 Å². The van der Waals surface area contributed by atoms with Gasteiger partial charge in [0.25, 0.3) is 0 Å². The van der Waals surface area contributed by atoms with Crippen LogP contribution in [0.15, 0.2) is 63.5 Å². The van der Waals surface area contributed by atoms with Gasteiger partial charge in [-0.05, 0) is 87.3 Å². The Labute approximate surface area is 220 Å². The average Bonchev–Trinajstić information content (AvgIpc) is 3.22. The number of H-pyrrole nitrogens is 1. The average molecular weight is 623 g/mol. The number of rotatable bonds is 1. The SMILES string of the molecule is CC1Oc2cc(C#Cc3cc(Cl)cc(C(F)(F)F)c3)ccc2-c2nc(-c3c(Br)cccc3Br)[nH]c21. The molecule has 0 saturated heterocycles. The molecule has 1 N–H and O–H groups in total. The molecule has 1 aliphatic rings. The van der Waals surface area contributed by atoms with Crippen molar-refractivity contribution < 1.29 is 17.9 Å². The van der Waals surface area contributed by atoms with Gasteiger partial charge in [0.2, 0.25) is 0 Å². The van der Waals surface area contributed by atoms with Gasteiger partial charge in [-0.1, -0.05) is 29.5 Å². The summed E-state index contributed by atoms with van der Waals surface area (Å²) in [6.45, 7) is 1.92. The number of fused-ring (bicyclic) bond motifs is 3. The monoisotopic (exact) mass is 620 g/mol. The summed E-state index contributed by atoms with van der Waals surface area (Å²) in [7, 11) is 0. The molecule has 35 heavy (non-hydrogen) atoms. The van der Waals surface area contributed by atoms with Crippen LogP contribution < -0.4 is 4.74 Å². The normalized spacial score (nSPS) is 14.4. The van der Waals surface area contributed by atoms with Crippen LogP contribution in [-0.2, 0) is 6.18 Å². The zero-order valence-electron chi connectivity index (χ0n) is 17.9. The van der Waals surface area contributed by atoms with Crippen LogP contribution in [0.1, 0.15) is 35.4 Å². The van der Waals surface area contributed by atoms with Gasteiger partial charge in [0.05, 0.1) is 17.0 Å². The molecule has 0 radical (unpaired) electrons. The van der Waals surface area contributed by atoms with Crippen LogP contribution in [0, 0.1) is 11.8 Å². The number of hydrogen-bond donors (Lipinski definition) is 1. The van der Waals surface area contributed by atoms with E-state index in [0.29, 0.717) is 17.1 Å². The second-order valence-electron chi connectivity index (χ2n) is 7.89. The molecule has 9 heteroatoms. The minimum absolute atomic E-state index is 0.0229. The maximum Gasteiger partial charge on any atom is 0.416 e. The summed E-state index contributed by atoms with van der Waals surface area (Å²) in [5.41, 5.74) is 3.27. The zero-order valence-corrected chi connectivity index (χ0v) is 21.8. The minimum atomic E-state index is -4.50. The fourth-order valence-corrected chi connectivity index (χ4v) is 5.45. The predicted molar refractivity (Wildman–Crippen MR) is 136 cm³/mol. The third-order valence-corrected chi connectivity index (χ3v) is 6.99. The Balaban J connectivity index is 1.51. The van der Waals surface area contributed by atoms with E-state index in [2.05, 4.69) is 48.7 Å². The van der Waals surface area contributed by atoms with Crippen LogP contribution >= 0.6 is 43.5 Å². The molecule has 0 spiro atoms. The first-order chi connectivity index (χ1) is 16.6. The first kappa shape index (κ1) is 24.0. The summed E-state index contributed by atoms with van der Waals surface area (Å²) in [5.74, 6) is 6.97. The van der Waals surface area contributed by atoms with Crippen LogP contribution in [0.25, 0.3) is 22.6 Å². The molecule has 4 aromatic rings. The smallest absolute Gasteiger partial charge is 0.416 e. The Morgan fingerprint density at radius 2 is 1.71 bits per heavy atom. The lowest BCUT2D eigenvalue weighted by Gasteiger charge is -2.22. The molecule has 3 nitrogen and oxygen atoms in total. The molecule has 1 unspecified atom stereocenters. The number of alkyl halides is 3. The van der Waals surface area contributed by atoms with E-state index in [1.165, 1.54) is 6.07 Å². The highest BCUT2D eigenvalue weighted by Crippen LogP contribution is 2.44. The number of ether oxygens (including phenoxy) is 1. The van der Waals surface area contributed by atoms with Crippen molar-refractivity contribution in [3.05, 3.63) is 90.9 Å². The fourth-order valence-electron chi connectivity index (χ4n) is 3.84. The van der Waals surface area contributed by atoms with Crippen molar-refractivity contribution in [2.75, 3.05) is 0 Å². The van der Waals surface area contributed by atoms with Gasteiger partial charge < -0.3 is 9.72 Å². The van der Waals surface area contributed by atoms with Gasteiger partial charge in [0.15, 0.2) is 0 Å². The van der Waals surface area contributed by atoms with Crippen molar-refractivity contribution in [2.45, 2.75) is 19.2 Å². The summed E-state index contributed by atoms with van der Waals surface area (Å²) in [6.07, 6.45) is -4.78. The third kappa shape index (κ3) is 4.73. The van der Waals surface area contributed by atoms with Gasteiger partial charge in [0, 0.05) is 36.2 Å². The molecule has 5 rings (SSSR count). The van der Waals surface area contributed by atoms with Crippen molar-refractivity contribution in [3.63, 3.8) is 0 Å². The Morgan fingerprint density at radius 3 is 2.43 bits per heavy atom. The number of aromatic amines is 1. The fraction of sp³-hybridized carbons (Fsp3) is 0.115. The number of aromatic nitrogens is 2. The summed E-state index contributed by atoms with van der Waals surface area (Å²) < 4.78 is 47.1. The molecule has 0 amide bonds. The van der Waals surface area contributed by atoms with Crippen molar-refractivity contribution in [3.8, 4) is 40.2 Å². The van der Waals surface area contributed by atoms with E-state index in [9.17, 15) is 13.2 Å². The van der Waals surface area contributed by atoms with Gasteiger partial charge in [-0.2, -0.15) is 13.2 Å². The lowest BCUT2D eigenvalue weighted by atomic mass is 10.0. The molecule has 0 bridgehead atoms. The predicted octanol–water partition coefficient (Wildman–Crippen LogP) is 8.79. The maximum atomic E-state index is 13.1. The van der Waals surface area contributed by atoms with Crippen LogP contribution in [0.4, 0.5) is 13.2 Å². The van der Waals surface area contributed by atoms with Gasteiger partial charge in [-0.3, -0.25) is 0 Å². The molecule has 2 heterocycles. The molecule has 3 aromatic carbocycles. The Hall–Kier alpha value is -2.73. The second-order valence-corrected chi connectivity index (χ2v) is 10.0. The lowest BCUT2D eigenvalue weighted by Crippen LogP contribution is -2.11. The Bertz CT molecular complexity index is 1520. The van der Waals surface area contributed by atoms with Crippen molar-refractivity contribution in [1.29, 1.82) is 0 Å². The Morgan fingerprint density at radius 1 is 1.00 bits per heavy atom. The van der Waals surface area contributed by atoms with Gasteiger partial charge >= 0.3 is 6.18 Å². The van der Waals surface area contributed by atoms with E-state index < -0.39 is 11.7 Å². The lowest BCUT2D eigenvalue weighted by molar-refractivity contribution is -0.137. The topological polar surface area (TPSA) is 37.9 Å². The molecular weight excluding hydrogens is 609 g/mol. The molecule has 0 saturated carbocycles. The molecule has 0 aliphatic carbocycles. The highest BCUT2D eigenvalue weighted by atomic mass is 79.9. The van der Waals surface area contributed by atoms with Crippen LogP contribution in [0.3, 0.4) is 0 Å². The molecule has 1 aliphatic heterocycles. The maximum absolute atomic E-state index is 13.1. The van der Waals surface area contributed by atoms with E-state index in [1.807, 2.05) is 31.2 Å². The number of imidazole rings is 1. The number of halogens is 6. The molecule has 176 valence electrons. The summed E-state index contributed by atoms with van der Waals surface area (Å²) >= 11 is 13.0. The van der Waals surface area contributed by atoms with E-state index >= 15 is 0 Å². The molecule has 1 atom stereocenters. The summed E-state index contributed by atoms with van der Waals surface area (Å²) in [6, 6.07) is 14.5. The number of benzene rings is 3. The standard InChI is InChI=1S/C26H14Br2ClF3N2O/c1-13-23-24(34-25(33-23)22-19(27)3-2-4-20(22)28)18-8-7-14(11-21(18)35-13)5-6-15-9-16(26(30,31)32)12-17(29)10-15/h2-4,7-13H,1H3,(H,33,34). The summed E-state index contributed by atoms with van der Waals surface area (Å²) in [4.78, 5) is 8.23. The minimum Gasteiger partial charge on any atom is -0.484 e. The number of hydrogen-bond acceptors (Lipinski definition) is 2. The summed E-state index contributed by atoms with van der Waals surface area (Å²) in [5, 5.41) is -0.0229. The molecule has 1 aromatic heterocycles. The van der Waals surface area contributed by atoms with Crippen LogP contribution in [0.5, 0.6) is 5.75 Å². The van der Waals surface area contributed by atoms with Crippen LogP contribution in [-0.4, -0.2) is 9.97 Å². The Kier molecular flexibility index (Phi) is 6.20. The van der Waals surface area contributed by atoms with Gasteiger partial charge in [-0.25, -0.2) is 4.98 Å². The van der Waals surface area contributed by atoms with E-state index in [4.69, 9.17) is 21.3 Å². The van der Waals surface area contributed by atoms with E-state index in [0.717, 1.165) is 43.6 Å². The van der Waals surface area contributed by atoms with Crippen LogP contribution in [0.2, 0.25) is 5.02 Å². The molecular formula is C26H14Br2ClF3N2O. The van der Waals surface area contributed by atoms with Gasteiger partial charge in [0.1, 0.15) is 17.7 Å². The largest absolute Gasteiger partial charge is 0.484 e. The highest BCUT2D eigenvalue weighted by Gasteiger charge is 2.31.